The van der Waals surface area contributed by atoms with Crippen molar-refractivity contribution in [2.75, 3.05) is 6.54 Å². The van der Waals surface area contributed by atoms with E-state index in [1.54, 1.807) is 0 Å². The van der Waals surface area contributed by atoms with Crippen LogP contribution in [0.4, 0.5) is 0 Å². The van der Waals surface area contributed by atoms with Crippen LogP contribution in [0.1, 0.15) is 26.3 Å². The number of hydrogen-bond donors (Lipinski definition) is 2. The normalized spacial score (nSPS) is 12.8. The molecule has 0 saturated carbocycles. The molecular weight excluding hydrogens is 314 g/mol. The highest BCUT2D eigenvalue weighted by atomic mass is 35.5. The van der Waals surface area contributed by atoms with Gasteiger partial charge in [0.25, 0.3) is 0 Å². The Balaban J connectivity index is 3.01. The van der Waals surface area contributed by atoms with Gasteiger partial charge in [0.05, 0.1) is 5.02 Å². The van der Waals surface area contributed by atoms with Gasteiger partial charge < -0.3 is 5.11 Å². The van der Waals surface area contributed by atoms with Gasteiger partial charge in [0, 0.05) is 12.6 Å². The number of carboxylic acids is 1. The lowest BCUT2D eigenvalue weighted by Gasteiger charge is -2.19. The van der Waals surface area contributed by atoms with Crippen LogP contribution in [-0.2, 0) is 14.8 Å². The molecule has 7 heteroatoms. The van der Waals surface area contributed by atoms with E-state index in [4.69, 9.17) is 16.7 Å². The molecule has 21 heavy (non-hydrogen) atoms. The summed E-state index contributed by atoms with van der Waals surface area (Å²) < 4.78 is 26.8. The second kappa shape index (κ2) is 6.60. The number of halogens is 1. The maximum absolute atomic E-state index is 12.2. The van der Waals surface area contributed by atoms with E-state index in [1.807, 2.05) is 20.8 Å². The van der Waals surface area contributed by atoms with Crippen molar-refractivity contribution in [2.24, 2.45) is 5.41 Å². The molecule has 0 bridgehead atoms. The van der Waals surface area contributed by atoms with Gasteiger partial charge in [-0.05, 0) is 29.2 Å². The van der Waals surface area contributed by atoms with Crippen LogP contribution >= 0.6 is 11.6 Å². The Morgan fingerprint density at radius 1 is 1.38 bits per heavy atom. The minimum absolute atomic E-state index is 0.0270. The summed E-state index contributed by atoms with van der Waals surface area (Å²) >= 11 is 5.98. The molecule has 1 rings (SSSR count). The van der Waals surface area contributed by atoms with Gasteiger partial charge in [-0.1, -0.05) is 38.4 Å². The number of aliphatic carboxylic acids is 1. The van der Waals surface area contributed by atoms with E-state index < -0.39 is 16.0 Å². The zero-order valence-electron chi connectivity index (χ0n) is 12.1. The number of benzene rings is 1. The third-order valence-corrected chi connectivity index (χ3v) is 4.34. The van der Waals surface area contributed by atoms with Crippen molar-refractivity contribution >= 4 is 33.7 Å². The molecule has 5 nitrogen and oxygen atoms in total. The van der Waals surface area contributed by atoms with Crippen LogP contribution < -0.4 is 4.72 Å². The monoisotopic (exact) mass is 331 g/mol. The number of rotatable bonds is 5. The van der Waals surface area contributed by atoms with Crippen LogP contribution in [0, 0.1) is 5.41 Å². The molecule has 0 unspecified atom stereocenters. The van der Waals surface area contributed by atoms with Gasteiger partial charge in [0.2, 0.25) is 10.0 Å². The second-order valence-corrected chi connectivity index (χ2v) is 7.89. The lowest BCUT2D eigenvalue weighted by molar-refractivity contribution is -0.131. The molecular formula is C14H18ClNO4S. The zero-order valence-corrected chi connectivity index (χ0v) is 13.6. The van der Waals surface area contributed by atoms with Gasteiger partial charge in [0.1, 0.15) is 4.90 Å². The first-order chi connectivity index (χ1) is 9.51. The molecule has 1 aromatic rings. The first kappa shape index (κ1) is 17.7. The van der Waals surface area contributed by atoms with Gasteiger partial charge >= 0.3 is 5.97 Å². The van der Waals surface area contributed by atoms with Crippen molar-refractivity contribution < 1.29 is 18.3 Å². The van der Waals surface area contributed by atoms with Crippen molar-refractivity contribution in [3.8, 4) is 0 Å². The average molecular weight is 332 g/mol. The Labute approximate surface area is 129 Å². The van der Waals surface area contributed by atoms with Crippen molar-refractivity contribution in [1.29, 1.82) is 0 Å². The summed E-state index contributed by atoms with van der Waals surface area (Å²) in [6, 6.07) is 4.26. The van der Waals surface area contributed by atoms with Crippen LogP contribution in [0.25, 0.3) is 6.08 Å². The molecule has 0 amide bonds. The summed E-state index contributed by atoms with van der Waals surface area (Å²) in [7, 11) is -3.69. The summed E-state index contributed by atoms with van der Waals surface area (Å²) in [6.45, 7) is 6.02. The third kappa shape index (κ3) is 5.87. The highest BCUT2D eigenvalue weighted by molar-refractivity contribution is 7.89. The first-order valence-corrected chi connectivity index (χ1v) is 8.08. The van der Waals surface area contributed by atoms with Gasteiger partial charge in [-0.2, -0.15) is 0 Å². The first-order valence-electron chi connectivity index (χ1n) is 6.21. The van der Waals surface area contributed by atoms with Crippen molar-refractivity contribution in [3.05, 3.63) is 34.9 Å². The summed E-state index contributed by atoms with van der Waals surface area (Å²) in [4.78, 5) is 10.4. The molecule has 0 radical (unpaired) electrons. The van der Waals surface area contributed by atoms with Crippen molar-refractivity contribution in [3.63, 3.8) is 0 Å². The number of carbonyl (C=O) groups is 1. The van der Waals surface area contributed by atoms with E-state index in [9.17, 15) is 13.2 Å². The predicted octanol–water partition coefficient (Wildman–Crippen LogP) is 2.76. The lowest BCUT2D eigenvalue weighted by Crippen LogP contribution is -2.32. The van der Waals surface area contributed by atoms with Crippen molar-refractivity contribution in [2.45, 2.75) is 25.7 Å². The smallest absolute Gasteiger partial charge is 0.328 e. The Morgan fingerprint density at radius 2 is 2.00 bits per heavy atom. The molecule has 0 fully saturated rings. The Kier molecular flexibility index (Phi) is 5.55. The van der Waals surface area contributed by atoms with Gasteiger partial charge in [-0.25, -0.2) is 17.9 Å². The SMILES string of the molecule is CC(C)(C)CNS(=O)(=O)c1ccc(C=CC(=O)O)cc1Cl. The second-order valence-electron chi connectivity index (χ2n) is 5.75. The van der Waals surface area contributed by atoms with E-state index >= 15 is 0 Å². The summed E-state index contributed by atoms with van der Waals surface area (Å²) in [5.74, 6) is -1.09. The van der Waals surface area contributed by atoms with E-state index in [0.29, 0.717) is 5.56 Å². The third-order valence-electron chi connectivity index (χ3n) is 2.46. The molecule has 0 spiro atoms. The molecule has 2 N–H and O–H groups in total. The van der Waals surface area contributed by atoms with E-state index in [1.165, 1.54) is 24.3 Å². The fourth-order valence-electron chi connectivity index (χ4n) is 1.40. The molecule has 0 atom stereocenters. The molecule has 0 aliphatic heterocycles. The van der Waals surface area contributed by atoms with Crippen LogP contribution in [0.5, 0.6) is 0 Å². The lowest BCUT2D eigenvalue weighted by atomic mass is 9.98. The fraction of sp³-hybridized carbons (Fsp3) is 0.357. The number of hydrogen-bond acceptors (Lipinski definition) is 3. The standard InChI is InChI=1S/C14H18ClNO4S/c1-14(2,3)9-16-21(19,20)12-6-4-10(8-11(12)15)5-7-13(17)18/h4-8,16H,9H2,1-3H3,(H,17,18). The van der Waals surface area contributed by atoms with Gasteiger partial charge in [0.15, 0.2) is 0 Å². The number of sulfonamides is 1. The topological polar surface area (TPSA) is 83.5 Å². The van der Waals surface area contributed by atoms with Crippen LogP contribution in [-0.4, -0.2) is 26.0 Å². The minimum Gasteiger partial charge on any atom is -0.478 e. The molecule has 116 valence electrons. The minimum atomic E-state index is -3.69. The average Bonchev–Trinajstić information content (AvgIpc) is 2.33. The molecule has 1 aromatic carbocycles. The van der Waals surface area contributed by atoms with E-state index in [0.717, 1.165) is 6.08 Å². The largest absolute Gasteiger partial charge is 0.478 e. The van der Waals surface area contributed by atoms with E-state index in [2.05, 4.69) is 4.72 Å². The van der Waals surface area contributed by atoms with Gasteiger partial charge in [-0.15, -0.1) is 0 Å². The molecule has 0 saturated heterocycles. The maximum atomic E-state index is 12.2. The summed E-state index contributed by atoms with van der Waals surface area (Å²) in [6.07, 6.45) is 2.30. The Bertz CT molecular complexity index is 660. The highest BCUT2D eigenvalue weighted by Gasteiger charge is 2.20. The van der Waals surface area contributed by atoms with Gasteiger partial charge in [-0.3, -0.25) is 0 Å². The Hall–Kier alpha value is -1.37. The van der Waals surface area contributed by atoms with Crippen LogP contribution in [0.15, 0.2) is 29.2 Å². The highest BCUT2D eigenvalue weighted by Crippen LogP contribution is 2.24. The van der Waals surface area contributed by atoms with Crippen molar-refractivity contribution in [1.82, 2.24) is 4.72 Å². The fourth-order valence-corrected chi connectivity index (χ4v) is 3.23. The number of nitrogens with one attached hydrogen (secondary N) is 1. The predicted molar refractivity (Wildman–Crippen MR) is 82.8 cm³/mol. The summed E-state index contributed by atoms with van der Waals surface area (Å²) in [5.41, 5.74) is 0.321. The van der Waals surface area contributed by atoms with Crippen LogP contribution in [0.3, 0.4) is 0 Å². The molecule has 0 heterocycles. The Morgan fingerprint density at radius 3 is 2.48 bits per heavy atom. The molecule has 0 aromatic heterocycles. The zero-order chi connectivity index (χ0) is 16.3. The van der Waals surface area contributed by atoms with Crippen LogP contribution in [0.2, 0.25) is 5.02 Å². The van der Waals surface area contributed by atoms with E-state index in [-0.39, 0.29) is 21.9 Å². The number of carboxylic acid groups (broad SMARTS) is 1. The molecule has 0 aliphatic rings. The quantitative estimate of drug-likeness (QED) is 0.813. The summed E-state index contributed by atoms with van der Waals surface area (Å²) in [5, 5.41) is 8.59. The maximum Gasteiger partial charge on any atom is 0.328 e. The molecule has 0 aliphatic carbocycles.